The van der Waals surface area contributed by atoms with Crippen LogP contribution in [-0.2, 0) is 6.54 Å². The third-order valence-electron chi connectivity index (χ3n) is 4.40. The van der Waals surface area contributed by atoms with Crippen LogP contribution >= 0.6 is 24.0 Å². The quantitative estimate of drug-likeness (QED) is 0.454. The summed E-state index contributed by atoms with van der Waals surface area (Å²) in [7, 11) is 1.61. The maximum atomic E-state index is 6.21. The normalized spacial score (nSPS) is 11.7. The van der Waals surface area contributed by atoms with Crippen molar-refractivity contribution in [2.24, 2.45) is 0 Å². The van der Waals surface area contributed by atoms with Crippen molar-refractivity contribution in [3.8, 4) is 17.1 Å². The topological polar surface area (TPSA) is 34.4 Å². The minimum Gasteiger partial charge on any atom is -0.495 e. The molecule has 0 fully saturated rings. The average molecular weight is 406 g/mol. The highest BCUT2D eigenvalue weighted by atomic mass is 35.5. The highest BCUT2D eigenvalue weighted by Gasteiger charge is 2.12. The van der Waals surface area contributed by atoms with E-state index in [1.165, 1.54) is 5.56 Å². The van der Waals surface area contributed by atoms with Gasteiger partial charge in [-0.05, 0) is 42.3 Å². The van der Waals surface area contributed by atoms with Gasteiger partial charge in [0, 0.05) is 11.6 Å². The van der Waals surface area contributed by atoms with Crippen molar-refractivity contribution in [3.63, 3.8) is 0 Å². The van der Waals surface area contributed by atoms with Crippen molar-refractivity contribution in [2.45, 2.75) is 32.4 Å². The van der Waals surface area contributed by atoms with E-state index < -0.39 is 0 Å². The molecule has 0 saturated carbocycles. The van der Waals surface area contributed by atoms with Gasteiger partial charge >= 0.3 is 0 Å². The van der Waals surface area contributed by atoms with Gasteiger partial charge in [0.15, 0.2) is 0 Å². The van der Waals surface area contributed by atoms with Gasteiger partial charge in [-0.3, -0.25) is 0 Å². The van der Waals surface area contributed by atoms with Gasteiger partial charge in [-0.25, -0.2) is 0 Å². The van der Waals surface area contributed by atoms with Crippen molar-refractivity contribution in [2.75, 3.05) is 7.11 Å². The molecule has 3 rings (SSSR count). The molecule has 2 aromatic carbocycles. The summed E-state index contributed by atoms with van der Waals surface area (Å²) in [5.41, 5.74) is 2.25. The molecule has 0 aliphatic heterocycles. The Morgan fingerprint density at radius 2 is 1.85 bits per heavy atom. The van der Waals surface area contributed by atoms with Crippen LogP contribution in [0, 0.1) is 0 Å². The molecule has 0 radical (unpaired) electrons. The summed E-state index contributed by atoms with van der Waals surface area (Å²) in [6, 6.07) is 20.5. The van der Waals surface area contributed by atoms with Crippen LogP contribution in [0.25, 0.3) is 11.3 Å². The van der Waals surface area contributed by atoms with Crippen LogP contribution < -0.4 is 10.1 Å². The Hall–Kier alpha value is -1.94. The molecule has 3 aromatic rings. The lowest BCUT2D eigenvalue weighted by Gasteiger charge is -2.17. The molecule has 3 nitrogen and oxygen atoms in total. The summed E-state index contributed by atoms with van der Waals surface area (Å²) in [5.74, 6) is 2.37. The molecular weight excluding hydrogens is 381 g/mol. The molecular formula is C22H25Cl2NO2. The second-order valence-corrected chi connectivity index (χ2v) is 6.66. The van der Waals surface area contributed by atoms with Crippen LogP contribution in [0.15, 0.2) is 65.1 Å². The monoisotopic (exact) mass is 405 g/mol. The summed E-state index contributed by atoms with van der Waals surface area (Å²) < 4.78 is 11.2. The smallest absolute Gasteiger partial charge is 0.137 e. The zero-order chi connectivity index (χ0) is 18.4. The summed E-state index contributed by atoms with van der Waals surface area (Å²) in [6.07, 6.45) is 2.21. The molecule has 0 saturated heterocycles. The van der Waals surface area contributed by atoms with Crippen LogP contribution in [0.5, 0.6) is 5.75 Å². The molecule has 0 spiro atoms. The lowest BCUT2D eigenvalue weighted by molar-refractivity contribution is 0.415. The molecule has 5 heteroatoms. The molecule has 1 atom stereocenters. The molecule has 1 heterocycles. The lowest BCUT2D eigenvalue weighted by Crippen LogP contribution is -2.20. The lowest BCUT2D eigenvalue weighted by atomic mass is 10.0. The number of hydrogen-bond acceptors (Lipinski definition) is 3. The summed E-state index contributed by atoms with van der Waals surface area (Å²) >= 11 is 6.21. The first-order valence-corrected chi connectivity index (χ1v) is 9.30. The van der Waals surface area contributed by atoms with E-state index >= 15 is 0 Å². The van der Waals surface area contributed by atoms with E-state index in [0.717, 1.165) is 29.9 Å². The SMILES string of the molecule is CCCC(NCc1ccc(-c2ccc(OC)c(Cl)c2)o1)c1ccccc1.Cl. The Labute approximate surface area is 172 Å². The minimum absolute atomic E-state index is 0. The number of methoxy groups -OCH3 is 1. The molecule has 0 aliphatic carbocycles. The maximum absolute atomic E-state index is 6.21. The van der Waals surface area contributed by atoms with Crippen LogP contribution in [0.3, 0.4) is 0 Å². The predicted molar refractivity (Wildman–Crippen MR) is 114 cm³/mol. The van der Waals surface area contributed by atoms with E-state index in [1.54, 1.807) is 7.11 Å². The van der Waals surface area contributed by atoms with Crippen molar-refractivity contribution in [1.29, 1.82) is 0 Å². The second-order valence-electron chi connectivity index (χ2n) is 6.25. The number of hydrogen-bond donors (Lipinski definition) is 1. The summed E-state index contributed by atoms with van der Waals surface area (Å²) in [6.45, 7) is 2.89. The Bertz CT molecular complexity index is 833. The molecule has 0 amide bonds. The first kappa shape index (κ1) is 21.4. The molecule has 0 aliphatic rings. The van der Waals surface area contributed by atoms with E-state index in [9.17, 15) is 0 Å². The fourth-order valence-corrected chi connectivity index (χ4v) is 3.29. The molecule has 0 bridgehead atoms. The number of benzene rings is 2. The Kier molecular flexibility index (Phi) is 8.23. The molecule has 1 N–H and O–H groups in total. The zero-order valence-corrected chi connectivity index (χ0v) is 17.1. The standard InChI is InChI=1S/C22H24ClNO2.ClH/c1-3-7-20(16-8-5-4-6-9-16)24-15-18-11-13-21(26-18)17-10-12-22(25-2)19(23)14-17;/h4-6,8-14,20,24H,3,7,15H2,1-2H3;1H. The zero-order valence-electron chi connectivity index (χ0n) is 15.6. The number of furan rings is 1. The van der Waals surface area contributed by atoms with Crippen molar-refractivity contribution < 1.29 is 9.15 Å². The number of halogens is 2. The van der Waals surface area contributed by atoms with E-state index in [4.69, 9.17) is 20.8 Å². The minimum atomic E-state index is 0. The maximum Gasteiger partial charge on any atom is 0.137 e. The van der Waals surface area contributed by atoms with E-state index in [1.807, 2.05) is 36.4 Å². The molecule has 1 aromatic heterocycles. The number of nitrogens with one attached hydrogen (secondary N) is 1. The molecule has 1 unspecified atom stereocenters. The van der Waals surface area contributed by atoms with Gasteiger partial charge in [-0.1, -0.05) is 55.3 Å². The Morgan fingerprint density at radius 3 is 2.52 bits per heavy atom. The molecule has 144 valence electrons. The van der Waals surface area contributed by atoms with Gasteiger partial charge in [-0.2, -0.15) is 0 Å². The van der Waals surface area contributed by atoms with Gasteiger partial charge in [-0.15, -0.1) is 12.4 Å². The predicted octanol–water partition coefficient (Wildman–Crippen LogP) is 6.66. The van der Waals surface area contributed by atoms with E-state index in [0.29, 0.717) is 23.4 Å². The highest BCUT2D eigenvalue weighted by molar-refractivity contribution is 6.32. The first-order valence-electron chi connectivity index (χ1n) is 8.92. The van der Waals surface area contributed by atoms with Gasteiger partial charge in [0.1, 0.15) is 17.3 Å². The second kappa shape index (κ2) is 10.4. The van der Waals surface area contributed by atoms with Gasteiger partial charge in [0.05, 0.1) is 18.7 Å². The third kappa shape index (κ3) is 5.52. The van der Waals surface area contributed by atoms with E-state index in [2.05, 4.69) is 36.5 Å². The fraction of sp³-hybridized carbons (Fsp3) is 0.273. The average Bonchev–Trinajstić information content (AvgIpc) is 3.15. The van der Waals surface area contributed by atoms with Crippen molar-refractivity contribution >= 4 is 24.0 Å². The van der Waals surface area contributed by atoms with Crippen molar-refractivity contribution in [1.82, 2.24) is 5.32 Å². The highest BCUT2D eigenvalue weighted by Crippen LogP contribution is 2.31. The van der Waals surface area contributed by atoms with Crippen LogP contribution in [0.4, 0.5) is 0 Å². The number of rotatable bonds is 8. The van der Waals surface area contributed by atoms with Crippen LogP contribution in [0.2, 0.25) is 5.02 Å². The first-order chi connectivity index (χ1) is 12.7. The van der Waals surface area contributed by atoms with Crippen LogP contribution in [-0.4, -0.2) is 7.11 Å². The number of ether oxygens (including phenoxy) is 1. The Balaban J connectivity index is 0.00000261. The third-order valence-corrected chi connectivity index (χ3v) is 4.70. The van der Waals surface area contributed by atoms with E-state index in [-0.39, 0.29) is 12.4 Å². The summed E-state index contributed by atoms with van der Waals surface area (Å²) in [5, 5.41) is 4.18. The van der Waals surface area contributed by atoms with Gasteiger partial charge in [0.25, 0.3) is 0 Å². The Morgan fingerprint density at radius 1 is 1.07 bits per heavy atom. The van der Waals surface area contributed by atoms with Crippen LogP contribution in [0.1, 0.15) is 37.1 Å². The molecule has 27 heavy (non-hydrogen) atoms. The fourth-order valence-electron chi connectivity index (χ4n) is 3.03. The largest absolute Gasteiger partial charge is 0.495 e. The van der Waals surface area contributed by atoms with Gasteiger partial charge < -0.3 is 14.5 Å². The van der Waals surface area contributed by atoms with Gasteiger partial charge in [0.2, 0.25) is 0 Å². The summed E-state index contributed by atoms with van der Waals surface area (Å²) in [4.78, 5) is 0. The van der Waals surface area contributed by atoms with Crippen molar-refractivity contribution in [3.05, 3.63) is 77.0 Å².